The third kappa shape index (κ3) is 6.73. The summed E-state index contributed by atoms with van der Waals surface area (Å²) in [5.74, 6) is -1.23. The van der Waals surface area contributed by atoms with Crippen molar-refractivity contribution in [1.29, 1.82) is 0 Å². The van der Waals surface area contributed by atoms with Gasteiger partial charge in [-0.1, -0.05) is 30.3 Å². The van der Waals surface area contributed by atoms with Gasteiger partial charge in [0.1, 0.15) is 17.2 Å². The van der Waals surface area contributed by atoms with Gasteiger partial charge in [-0.05, 0) is 74.9 Å². The molecule has 0 saturated carbocycles. The molecule has 0 aliphatic carbocycles. The average molecular weight is 487 g/mol. The van der Waals surface area contributed by atoms with Gasteiger partial charge < -0.3 is 20.4 Å². The number of hydrogen-bond donors (Lipinski definition) is 4. The molecule has 0 bridgehead atoms. The van der Waals surface area contributed by atoms with E-state index in [0.29, 0.717) is 5.56 Å². The Morgan fingerprint density at radius 2 is 1.61 bits per heavy atom. The van der Waals surface area contributed by atoms with E-state index in [4.69, 9.17) is 0 Å². The molecule has 8 nitrogen and oxygen atoms in total. The van der Waals surface area contributed by atoms with Crippen molar-refractivity contribution in [2.24, 2.45) is 5.10 Å². The Labute approximate surface area is 210 Å². The maximum Gasteiger partial charge on any atom is 0.287 e. The number of hydrazone groups is 1. The predicted molar refractivity (Wildman–Crippen MR) is 142 cm³/mol. The molecule has 0 heterocycles. The summed E-state index contributed by atoms with van der Waals surface area (Å²) in [4.78, 5) is 28.0. The van der Waals surface area contributed by atoms with E-state index in [2.05, 4.69) is 34.6 Å². The van der Waals surface area contributed by atoms with Gasteiger partial charge in [-0.2, -0.15) is 5.10 Å². The van der Waals surface area contributed by atoms with Crippen molar-refractivity contribution in [3.05, 3.63) is 95.2 Å². The van der Waals surface area contributed by atoms with Crippen LogP contribution in [0.2, 0.25) is 0 Å². The van der Waals surface area contributed by atoms with Gasteiger partial charge in [0.25, 0.3) is 11.8 Å². The molecule has 0 unspecified atom stereocenters. The Kier molecular flexibility index (Phi) is 8.83. The molecule has 0 radical (unpaired) electrons. The fourth-order valence-corrected chi connectivity index (χ4v) is 3.55. The number of hydrogen-bond acceptors (Lipinski definition) is 6. The quantitative estimate of drug-likeness (QED) is 0.156. The number of benzene rings is 3. The monoisotopic (exact) mass is 486 g/mol. The molecule has 4 N–H and O–H groups in total. The van der Waals surface area contributed by atoms with Crippen LogP contribution in [-0.4, -0.2) is 40.8 Å². The number of phenols is 2. The van der Waals surface area contributed by atoms with E-state index in [1.54, 1.807) is 43.3 Å². The molecule has 0 aromatic heterocycles. The second-order valence-corrected chi connectivity index (χ2v) is 7.98. The zero-order valence-corrected chi connectivity index (χ0v) is 20.5. The number of nitrogens with zero attached hydrogens (tertiary/aromatic N) is 2. The molecule has 0 aliphatic heterocycles. The lowest BCUT2D eigenvalue weighted by Crippen LogP contribution is -2.33. The van der Waals surface area contributed by atoms with Gasteiger partial charge in [-0.3, -0.25) is 9.59 Å². The molecule has 3 aromatic carbocycles. The summed E-state index contributed by atoms with van der Waals surface area (Å²) in [5.41, 5.74) is 5.13. The van der Waals surface area contributed by atoms with Crippen LogP contribution < -0.4 is 15.6 Å². The zero-order chi connectivity index (χ0) is 26.1. The summed E-state index contributed by atoms with van der Waals surface area (Å²) in [7, 11) is 0. The number of carbonyl (C=O) groups is 2. The normalized spacial score (nSPS) is 11.6. The highest BCUT2D eigenvalue weighted by Crippen LogP contribution is 2.22. The third-order valence-electron chi connectivity index (χ3n) is 5.56. The van der Waals surface area contributed by atoms with E-state index in [1.165, 1.54) is 18.2 Å². The molecule has 186 valence electrons. The molecule has 0 aliphatic rings. The minimum absolute atomic E-state index is 0.00359. The van der Waals surface area contributed by atoms with E-state index in [1.807, 2.05) is 24.3 Å². The summed E-state index contributed by atoms with van der Waals surface area (Å²) >= 11 is 0. The molecule has 0 saturated heterocycles. The van der Waals surface area contributed by atoms with Gasteiger partial charge in [0.15, 0.2) is 0 Å². The first-order valence-corrected chi connectivity index (χ1v) is 11.6. The molecule has 0 atom stereocenters. The lowest BCUT2D eigenvalue weighted by molar-refractivity contribution is -0.117. The second-order valence-electron chi connectivity index (χ2n) is 7.98. The van der Waals surface area contributed by atoms with Crippen molar-refractivity contribution in [3.63, 3.8) is 0 Å². The average Bonchev–Trinajstić information content (AvgIpc) is 2.90. The van der Waals surface area contributed by atoms with E-state index in [9.17, 15) is 19.8 Å². The predicted octanol–water partition coefficient (Wildman–Crippen LogP) is 4.26. The molecular formula is C28H30N4O4. The molecule has 3 aromatic rings. The maximum atomic E-state index is 13.0. The van der Waals surface area contributed by atoms with Crippen LogP contribution in [0.1, 0.15) is 42.3 Å². The molecule has 0 fully saturated rings. The SMILES string of the molecule is CCN(CC)c1ccc(/C=C(/NC(=O)c2ccccc2)C(=O)NN=C(C)c2cc(O)ccc2O)cc1. The largest absolute Gasteiger partial charge is 0.508 e. The Balaban J connectivity index is 1.88. The first kappa shape index (κ1) is 26.0. The standard InChI is InChI=1S/C28H30N4O4/c1-4-32(5-2)22-13-11-20(12-14-22)17-25(29-27(35)21-9-7-6-8-10-21)28(36)31-30-19(3)24-18-23(33)15-16-26(24)34/h6-18,33-34H,4-5H2,1-3H3,(H,29,35)(H,31,36)/b25-17+,30-19?. The van der Waals surface area contributed by atoms with Gasteiger partial charge in [0.2, 0.25) is 0 Å². The van der Waals surface area contributed by atoms with Gasteiger partial charge in [0.05, 0.1) is 5.71 Å². The lowest BCUT2D eigenvalue weighted by Gasteiger charge is -2.21. The van der Waals surface area contributed by atoms with Gasteiger partial charge in [0, 0.05) is 29.9 Å². The summed E-state index contributed by atoms with van der Waals surface area (Å²) < 4.78 is 0. The topological polar surface area (TPSA) is 114 Å². The van der Waals surface area contributed by atoms with Crippen LogP contribution in [0.25, 0.3) is 6.08 Å². The molecule has 2 amide bonds. The zero-order valence-electron chi connectivity index (χ0n) is 20.5. The number of anilines is 1. The maximum absolute atomic E-state index is 13.0. The highest BCUT2D eigenvalue weighted by Gasteiger charge is 2.15. The Morgan fingerprint density at radius 3 is 2.25 bits per heavy atom. The van der Waals surface area contributed by atoms with E-state index < -0.39 is 11.8 Å². The van der Waals surface area contributed by atoms with Gasteiger partial charge in [-0.15, -0.1) is 0 Å². The van der Waals surface area contributed by atoms with Crippen LogP contribution in [0.4, 0.5) is 5.69 Å². The van der Waals surface area contributed by atoms with Crippen LogP contribution in [-0.2, 0) is 4.79 Å². The number of amides is 2. The number of aromatic hydroxyl groups is 2. The Hall–Kier alpha value is -4.59. The van der Waals surface area contributed by atoms with E-state index in [0.717, 1.165) is 24.3 Å². The molecule has 8 heteroatoms. The minimum Gasteiger partial charge on any atom is -0.508 e. The van der Waals surface area contributed by atoms with Crippen molar-refractivity contribution in [2.75, 3.05) is 18.0 Å². The fourth-order valence-electron chi connectivity index (χ4n) is 3.55. The van der Waals surface area contributed by atoms with Crippen LogP contribution in [0, 0.1) is 0 Å². The summed E-state index contributed by atoms with van der Waals surface area (Å²) in [6.07, 6.45) is 1.57. The first-order valence-electron chi connectivity index (χ1n) is 11.6. The van der Waals surface area contributed by atoms with Gasteiger partial charge >= 0.3 is 0 Å². The van der Waals surface area contributed by atoms with Crippen LogP contribution in [0.15, 0.2) is 83.6 Å². The van der Waals surface area contributed by atoms with Crippen molar-refractivity contribution < 1.29 is 19.8 Å². The smallest absolute Gasteiger partial charge is 0.287 e. The summed E-state index contributed by atoms with van der Waals surface area (Å²) in [6, 6.07) is 20.2. The minimum atomic E-state index is -0.647. The highest BCUT2D eigenvalue weighted by atomic mass is 16.3. The molecule has 3 rings (SSSR count). The van der Waals surface area contributed by atoms with Crippen molar-refractivity contribution in [3.8, 4) is 11.5 Å². The highest BCUT2D eigenvalue weighted by molar-refractivity contribution is 6.06. The first-order chi connectivity index (χ1) is 17.3. The fraction of sp³-hybridized carbons (Fsp3) is 0.179. The number of nitrogens with one attached hydrogen (secondary N) is 2. The van der Waals surface area contributed by atoms with Crippen LogP contribution in [0.3, 0.4) is 0 Å². The molecular weight excluding hydrogens is 456 g/mol. The number of rotatable bonds is 9. The molecule has 0 spiro atoms. The second kappa shape index (κ2) is 12.2. The summed E-state index contributed by atoms with van der Waals surface area (Å²) in [5, 5.41) is 26.4. The van der Waals surface area contributed by atoms with Gasteiger partial charge in [-0.25, -0.2) is 5.43 Å². The van der Waals surface area contributed by atoms with Crippen molar-refractivity contribution in [1.82, 2.24) is 10.7 Å². The van der Waals surface area contributed by atoms with Crippen molar-refractivity contribution in [2.45, 2.75) is 20.8 Å². The number of carbonyl (C=O) groups excluding carboxylic acids is 2. The molecule has 36 heavy (non-hydrogen) atoms. The Bertz CT molecular complexity index is 1260. The van der Waals surface area contributed by atoms with E-state index in [-0.39, 0.29) is 28.5 Å². The number of phenolic OH excluding ortho intramolecular Hbond substituents is 2. The Morgan fingerprint density at radius 1 is 0.944 bits per heavy atom. The van der Waals surface area contributed by atoms with E-state index >= 15 is 0 Å². The van der Waals surface area contributed by atoms with Crippen molar-refractivity contribution >= 4 is 29.3 Å². The lowest BCUT2D eigenvalue weighted by atomic mass is 10.1. The summed E-state index contributed by atoms with van der Waals surface area (Å²) in [6.45, 7) is 7.49. The van der Waals surface area contributed by atoms with Crippen LogP contribution in [0.5, 0.6) is 11.5 Å². The van der Waals surface area contributed by atoms with Crippen LogP contribution >= 0.6 is 0 Å². The third-order valence-corrected chi connectivity index (χ3v) is 5.56.